The summed E-state index contributed by atoms with van der Waals surface area (Å²) < 4.78 is 1.04. The molecule has 3 rings (SSSR count). The number of halogens is 1. The molecular weight excluding hydrogens is 326 g/mol. The van der Waals surface area contributed by atoms with Gasteiger partial charge in [0.2, 0.25) is 0 Å². The summed E-state index contributed by atoms with van der Waals surface area (Å²) in [5, 5.41) is 9.23. The van der Waals surface area contributed by atoms with E-state index < -0.39 is 0 Å². The molecule has 0 radical (unpaired) electrons. The molecule has 0 aliphatic carbocycles. The van der Waals surface area contributed by atoms with E-state index in [1.165, 1.54) is 11.3 Å². The van der Waals surface area contributed by atoms with Crippen molar-refractivity contribution < 1.29 is 9.90 Å². The number of aliphatic hydroxyl groups is 1. The molecule has 1 fully saturated rings. The maximum Gasteiger partial charge on any atom is 0.264 e. The SMILES string of the molecule is O=C(c1ccc(-c2ccc(Br)cc2)s1)N1CC(O)C1. The van der Waals surface area contributed by atoms with Crippen molar-refractivity contribution in [2.45, 2.75) is 6.10 Å². The molecule has 0 bridgehead atoms. The molecule has 0 atom stereocenters. The van der Waals surface area contributed by atoms with Gasteiger partial charge in [0.25, 0.3) is 5.91 Å². The van der Waals surface area contributed by atoms with E-state index in [0.29, 0.717) is 13.1 Å². The molecular formula is C14H12BrNO2S. The first-order valence-corrected chi connectivity index (χ1v) is 7.57. The Morgan fingerprint density at radius 3 is 2.53 bits per heavy atom. The van der Waals surface area contributed by atoms with Gasteiger partial charge in [-0.2, -0.15) is 0 Å². The van der Waals surface area contributed by atoms with Crippen LogP contribution in [0.2, 0.25) is 0 Å². The Kier molecular flexibility index (Phi) is 3.43. The van der Waals surface area contributed by atoms with Gasteiger partial charge in [0.05, 0.1) is 11.0 Å². The number of likely N-dealkylation sites (tertiary alicyclic amines) is 1. The third-order valence-electron chi connectivity index (χ3n) is 3.10. The lowest BCUT2D eigenvalue weighted by molar-refractivity contribution is 0.00623. The van der Waals surface area contributed by atoms with E-state index in [1.807, 2.05) is 36.4 Å². The molecule has 2 aromatic rings. The number of benzene rings is 1. The number of rotatable bonds is 2. The number of aliphatic hydroxyl groups excluding tert-OH is 1. The number of hydrogen-bond acceptors (Lipinski definition) is 3. The number of thiophene rings is 1. The highest BCUT2D eigenvalue weighted by Gasteiger charge is 2.30. The molecule has 1 aromatic carbocycles. The summed E-state index contributed by atoms with van der Waals surface area (Å²) in [5.41, 5.74) is 1.11. The molecule has 1 N–H and O–H groups in total. The second-order valence-electron chi connectivity index (χ2n) is 4.53. The normalized spacial score (nSPS) is 15.4. The van der Waals surface area contributed by atoms with Crippen LogP contribution in [0.1, 0.15) is 9.67 Å². The standard InChI is InChI=1S/C14H12BrNO2S/c15-10-3-1-9(2-4-10)12-5-6-13(19-12)14(18)16-7-11(17)8-16/h1-6,11,17H,7-8H2. The van der Waals surface area contributed by atoms with E-state index in [2.05, 4.69) is 15.9 Å². The maximum atomic E-state index is 12.1. The Labute approximate surface area is 123 Å². The van der Waals surface area contributed by atoms with E-state index in [1.54, 1.807) is 4.90 Å². The van der Waals surface area contributed by atoms with Gasteiger partial charge in [-0.05, 0) is 29.8 Å². The molecule has 0 spiro atoms. The van der Waals surface area contributed by atoms with Crippen molar-refractivity contribution in [3.63, 3.8) is 0 Å². The van der Waals surface area contributed by atoms with Crippen molar-refractivity contribution in [3.8, 4) is 10.4 Å². The average Bonchev–Trinajstić information content (AvgIpc) is 2.85. The fourth-order valence-electron chi connectivity index (χ4n) is 2.00. The third kappa shape index (κ3) is 2.59. The number of nitrogens with zero attached hydrogens (tertiary/aromatic N) is 1. The zero-order valence-electron chi connectivity index (χ0n) is 10.0. The summed E-state index contributed by atoms with van der Waals surface area (Å²) in [7, 11) is 0. The quantitative estimate of drug-likeness (QED) is 0.915. The number of amides is 1. The van der Waals surface area contributed by atoms with Crippen LogP contribution in [0.5, 0.6) is 0 Å². The highest BCUT2D eigenvalue weighted by atomic mass is 79.9. The van der Waals surface area contributed by atoms with Crippen LogP contribution in [0.4, 0.5) is 0 Å². The van der Waals surface area contributed by atoms with Gasteiger partial charge in [-0.25, -0.2) is 0 Å². The first-order chi connectivity index (χ1) is 9.13. The Morgan fingerprint density at radius 1 is 1.21 bits per heavy atom. The van der Waals surface area contributed by atoms with Crippen LogP contribution in [0, 0.1) is 0 Å². The van der Waals surface area contributed by atoms with Gasteiger partial charge in [-0.1, -0.05) is 28.1 Å². The highest BCUT2D eigenvalue weighted by Crippen LogP contribution is 2.30. The lowest BCUT2D eigenvalue weighted by Crippen LogP contribution is -2.53. The van der Waals surface area contributed by atoms with Crippen LogP contribution >= 0.6 is 27.3 Å². The molecule has 3 nitrogen and oxygen atoms in total. The van der Waals surface area contributed by atoms with Crippen molar-refractivity contribution in [2.24, 2.45) is 0 Å². The number of carbonyl (C=O) groups is 1. The zero-order valence-corrected chi connectivity index (χ0v) is 12.4. The monoisotopic (exact) mass is 337 g/mol. The molecule has 1 aliphatic heterocycles. The van der Waals surface area contributed by atoms with Crippen LogP contribution in [-0.4, -0.2) is 35.1 Å². The minimum absolute atomic E-state index is 0.0126. The topological polar surface area (TPSA) is 40.5 Å². The third-order valence-corrected chi connectivity index (χ3v) is 4.75. The van der Waals surface area contributed by atoms with Crippen molar-refractivity contribution in [2.75, 3.05) is 13.1 Å². The molecule has 1 amide bonds. The number of β-amino-alcohol motifs (C(OH)–C–C–N with tert-alkyl or cyclic N) is 1. The van der Waals surface area contributed by atoms with Gasteiger partial charge >= 0.3 is 0 Å². The van der Waals surface area contributed by atoms with Gasteiger partial charge in [-0.3, -0.25) is 4.79 Å². The van der Waals surface area contributed by atoms with Gasteiger partial charge in [0.1, 0.15) is 0 Å². The fraction of sp³-hybridized carbons (Fsp3) is 0.214. The Hall–Kier alpha value is -1.17. The summed E-state index contributed by atoms with van der Waals surface area (Å²) in [6.07, 6.45) is -0.352. The lowest BCUT2D eigenvalue weighted by atomic mass is 10.1. The number of carbonyl (C=O) groups excluding carboxylic acids is 1. The molecule has 1 aromatic heterocycles. The van der Waals surface area contributed by atoms with Crippen molar-refractivity contribution >= 4 is 33.2 Å². The van der Waals surface area contributed by atoms with Crippen LogP contribution in [-0.2, 0) is 0 Å². The van der Waals surface area contributed by atoms with Gasteiger partial charge in [0.15, 0.2) is 0 Å². The molecule has 2 heterocycles. The molecule has 19 heavy (non-hydrogen) atoms. The molecule has 1 saturated heterocycles. The van der Waals surface area contributed by atoms with Crippen LogP contribution in [0.3, 0.4) is 0 Å². The van der Waals surface area contributed by atoms with Gasteiger partial charge < -0.3 is 10.0 Å². The largest absolute Gasteiger partial charge is 0.389 e. The summed E-state index contributed by atoms with van der Waals surface area (Å²) in [4.78, 5) is 15.6. The minimum Gasteiger partial charge on any atom is -0.389 e. The highest BCUT2D eigenvalue weighted by molar-refractivity contribution is 9.10. The fourth-order valence-corrected chi connectivity index (χ4v) is 3.24. The first kappa shape index (κ1) is 12.8. The van der Waals surface area contributed by atoms with Gasteiger partial charge in [-0.15, -0.1) is 11.3 Å². The lowest BCUT2D eigenvalue weighted by Gasteiger charge is -2.35. The van der Waals surface area contributed by atoms with E-state index in [-0.39, 0.29) is 12.0 Å². The Balaban J connectivity index is 1.79. The summed E-state index contributed by atoms with van der Waals surface area (Å²) in [5.74, 6) is 0.0126. The second kappa shape index (κ2) is 5.07. The maximum absolute atomic E-state index is 12.1. The minimum atomic E-state index is -0.352. The van der Waals surface area contributed by atoms with E-state index >= 15 is 0 Å². The Bertz CT molecular complexity index is 602. The first-order valence-electron chi connectivity index (χ1n) is 5.96. The van der Waals surface area contributed by atoms with Crippen LogP contribution < -0.4 is 0 Å². The van der Waals surface area contributed by atoms with E-state index in [9.17, 15) is 9.90 Å². The molecule has 1 aliphatic rings. The molecule has 5 heteroatoms. The van der Waals surface area contributed by atoms with Crippen LogP contribution in [0.25, 0.3) is 10.4 Å². The smallest absolute Gasteiger partial charge is 0.264 e. The predicted molar refractivity (Wildman–Crippen MR) is 79.4 cm³/mol. The summed E-state index contributed by atoms with van der Waals surface area (Å²) in [6, 6.07) is 11.9. The average molecular weight is 338 g/mol. The zero-order chi connectivity index (χ0) is 13.4. The van der Waals surface area contributed by atoms with Crippen molar-refractivity contribution in [1.82, 2.24) is 4.90 Å². The second-order valence-corrected chi connectivity index (χ2v) is 6.53. The number of hydrogen-bond donors (Lipinski definition) is 1. The van der Waals surface area contributed by atoms with Crippen molar-refractivity contribution in [3.05, 3.63) is 45.7 Å². The molecule has 0 saturated carbocycles. The van der Waals surface area contributed by atoms with Crippen LogP contribution in [0.15, 0.2) is 40.9 Å². The van der Waals surface area contributed by atoms with Gasteiger partial charge in [0, 0.05) is 22.4 Å². The van der Waals surface area contributed by atoms with Crippen molar-refractivity contribution in [1.29, 1.82) is 0 Å². The van der Waals surface area contributed by atoms with E-state index in [0.717, 1.165) is 19.8 Å². The molecule has 98 valence electrons. The Morgan fingerprint density at radius 2 is 1.89 bits per heavy atom. The molecule has 0 unspecified atom stereocenters. The van der Waals surface area contributed by atoms with E-state index in [4.69, 9.17) is 0 Å². The summed E-state index contributed by atoms with van der Waals surface area (Å²) in [6.45, 7) is 0.898. The predicted octanol–water partition coefficient (Wildman–Crippen LogP) is 2.99. The summed E-state index contributed by atoms with van der Waals surface area (Å²) >= 11 is 4.90.